The molecule has 4 atom stereocenters. The lowest BCUT2D eigenvalue weighted by molar-refractivity contribution is -0.384. The van der Waals surface area contributed by atoms with Gasteiger partial charge in [-0.1, -0.05) is 64.6 Å². The number of nitrogens with zero attached hydrogens (tertiary/aromatic N) is 3. The number of nitro groups is 1. The van der Waals surface area contributed by atoms with Crippen LogP contribution in [0.2, 0.25) is 0 Å². The molecule has 1 aliphatic heterocycles. The Kier molecular flexibility index (Phi) is 8.55. The van der Waals surface area contributed by atoms with Crippen LogP contribution in [-0.4, -0.2) is 65.0 Å². The minimum Gasteiger partial charge on any atom is -0.423 e. The molecule has 0 aromatic heterocycles. The van der Waals surface area contributed by atoms with Crippen LogP contribution < -0.4 is 4.74 Å². The highest BCUT2D eigenvalue weighted by Gasteiger charge is 2.88. The first-order chi connectivity index (χ1) is 22.6. The van der Waals surface area contributed by atoms with Crippen LogP contribution in [-0.2, 0) is 9.59 Å². The van der Waals surface area contributed by atoms with Gasteiger partial charge in [0.05, 0.1) is 32.4 Å². The number of hydrogen-bond acceptors (Lipinski definition) is 8. The molecule has 0 unspecified atom stereocenters. The topological polar surface area (TPSA) is 144 Å². The quantitative estimate of drug-likeness (QED) is 0.0480. The Hall–Kier alpha value is -3.71. The largest absolute Gasteiger partial charge is 0.423 e. The summed E-state index contributed by atoms with van der Waals surface area (Å²) in [5.41, 5.74) is -0.249. The minimum atomic E-state index is -2.24. The van der Waals surface area contributed by atoms with E-state index in [1.807, 2.05) is 0 Å². The van der Waals surface area contributed by atoms with E-state index in [1.54, 1.807) is 30.3 Å². The monoisotopic (exact) mass is 769 g/mol. The van der Waals surface area contributed by atoms with Crippen molar-refractivity contribution in [1.82, 2.24) is 10.0 Å². The van der Waals surface area contributed by atoms with Crippen molar-refractivity contribution in [3.05, 3.63) is 116 Å². The number of rotatable bonds is 8. The van der Waals surface area contributed by atoms with E-state index < -0.39 is 66.9 Å². The van der Waals surface area contributed by atoms with Crippen molar-refractivity contribution < 1.29 is 33.6 Å². The van der Waals surface area contributed by atoms with Gasteiger partial charge < -0.3 is 4.74 Å². The Morgan fingerprint density at radius 1 is 0.771 bits per heavy atom. The number of allylic oxidation sites excluding steroid dienone is 2. The van der Waals surface area contributed by atoms with Crippen molar-refractivity contribution in [2.45, 2.75) is 14.1 Å². The molecular weight excluding hydrogens is 755 g/mol. The van der Waals surface area contributed by atoms with E-state index in [-0.39, 0.29) is 32.6 Å². The Bertz CT molecular complexity index is 1910. The van der Waals surface area contributed by atoms with Gasteiger partial charge in [-0.3, -0.25) is 29.3 Å². The first-order valence-electron chi connectivity index (χ1n) is 13.7. The fourth-order valence-electron chi connectivity index (χ4n) is 6.00. The zero-order chi connectivity index (χ0) is 34.9. The molecule has 17 heteroatoms. The summed E-state index contributed by atoms with van der Waals surface area (Å²) in [6.07, 6.45) is 0. The van der Waals surface area contributed by atoms with Gasteiger partial charge in [0, 0.05) is 23.3 Å². The number of carbonyl (C=O) groups excluding carboxylic acids is 5. The number of alkyl halides is 4. The predicted octanol–water partition coefficient (Wildman–Crippen LogP) is 6.50. The van der Waals surface area contributed by atoms with Crippen LogP contribution in [0.3, 0.4) is 0 Å². The molecule has 0 spiro atoms. The summed E-state index contributed by atoms with van der Waals surface area (Å²) >= 11 is 39.5. The standard InChI is InChI=1S/C31H17Cl6N3O8/c32-23-24(33)30(35)22-21(29(23,34)31(30,36)37)26(43)39(27(22)44)38(25(42)16-6-10-18(11-7-16)40(46)47)14-20(41)15-8-12-19(13-9-15)48-28(45)17-4-2-1-3-5-17/h1-13,21-22H,14H2/t21-,22+,29-,30-/m1/s1. The van der Waals surface area contributed by atoms with Crippen molar-refractivity contribution in [3.63, 3.8) is 0 Å². The number of halogens is 6. The second-order valence-corrected chi connectivity index (χ2v) is 14.2. The van der Waals surface area contributed by atoms with Crippen LogP contribution in [0.5, 0.6) is 5.75 Å². The Labute approximate surface area is 300 Å². The molecule has 2 fully saturated rings. The summed E-state index contributed by atoms with van der Waals surface area (Å²) in [4.78, 5) is 74.2. The lowest BCUT2D eigenvalue weighted by Gasteiger charge is -2.36. The Morgan fingerprint density at radius 3 is 1.77 bits per heavy atom. The molecule has 2 aliphatic carbocycles. The number of amides is 3. The maximum absolute atomic E-state index is 14.1. The molecule has 246 valence electrons. The molecule has 3 aromatic carbocycles. The highest BCUT2D eigenvalue weighted by atomic mass is 35.5. The molecular formula is C31H17Cl6N3O8. The number of carbonyl (C=O) groups is 5. The van der Waals surface area contributed by atoms with Gasteiger partial charge in [-0.05, 0) is 48.5 Å². The molecule has 6 rings (SSSR count). The zero-order valence-electron chi connectivity index (χ0n) is 23.7. The summed E-state index contributed by atoms with van der Waals surface area (Å²) in [5, 5.41) is 11.5. The second kappa shape index (κ2) is 12.0. The fourth-order valence-corrected chi connectivity index (χ4v) is 8.93. The molecule has 48 heavy (non-hydrogen) atoms. The number of benzene rings is 3. The Morgan fingerprint density at radius 2 is 1.27 bits per heavy atom. The van der Waals surface area contributed by atoms with Crippen molar-refractivity contribution in [2.75, 3.05) is 6.54 Å². The molecule has 3 aliphatic rings. The first-order valence-corrected chi connectivity index (χ1v) is 16.0. The summed E-state index contributed by atoms with van der Waals surface area (Å²) < 4.78 is 3.10. The SMILES string of the molecule is O=C(CN(C(=O)c1ccc([N+](=O)[O-])cc1)N1C(=O)[C@@H]2[C@H](C1=O)[C@@]1(Cl)C(Cl)=C(Cl)[C@@]2(Cl)C1(Cl)Cl)c1ccc(OC(=O)c2ccccc2)cc1. The normalized spacial score (nSPS) is 25.2. The van der Waals surface area contributed by atoms with Crippen LogP contribution in [0.25, 0.3) is 0 Å². The molecule has 1 heterocycles. The fraction of sp³-hybridized carbons (Fsp3) is 0.194. The maximum atomic E-state index is 14.1. The minimum absolute atomic E-state index is 0.00582. The van der Waals surface area contributed by atoms with Gasteiger partial charge >= 0.3 is 5.97 Å². The van der Waals surface area contributed by atoms with E-state index in [1.165, 1.54) is 24.3 Å². The molecule has 11 nitrogen and oxygen atoms in total. The molecule has 3 aromatic rings. The van der Waals surface area contributed by atoms with Gasteiger partial charge in [0.15, 0.2) is 10.1 Å². The van der Waals surface area contributed by atoms with E-state index in [0.29, 0.717) is 15.6 Å². The predicted molar refractivity (Wildman–Crippen MR) is 175 cm³/mol. The average molecular weight is 772 g/mol. The highest BCUT2D eigenvalue weighted by molar-refractivity contribution is 6.66. The number of Topliss-reactive ketones (excluding diaryl/α,β-unsaturated/α-hetero) is 1. The number of hydrogen-bond donors (Lipinski definition) is 0. The lowest BCUT2D eigenvalue weighted by Crippen LogP contribution is -2.56. The Balaban J connectivity index is 1.33. The first kappa shape index (κ1) is 34.2. The second-order valence-electron chi connectivity index (χ2n) is 10.9. The van der Waals surface area contributed by atoms with Crippen LogP contribution >= 0.6 is 69.6 Å². The highest BCUT2D eigenvalue weighted by Crippen LogP contribution is 2.77. The van der Waals surface area contributed by atoms with Gasteiger partial charge in [0.1, 0.15) is 22.0 Å². The number of hydrazine groups is 1. The van der Waals surface area contributed by atoms with Crippen LogP contribution in [0.1, 0.15) is 31.1 Å². The zero-order valence-corrected chi connectivity index (χ0v) is 28.3. The molecule has 1 saturated carbocycles. The molecule has 1 saturated heterocycles. The van der Waals surface area contributed by atoms with Gasteiger partial charge in [0.2, 0.25) is 0 Å². The van der Waals surface area contributed by atoms with Crippen LogP contribution in [0, 0.1) is 22.0 Å². The van der Waals surface area contributed by atoms with Gasteiger partial charge in [0.25, 0.3) is 23.4 Å². The number of ether oxygens (including phenoxy) is 1. The third-order valence-corrected chi connectivity index (χ3v) is 12.6. The van der Waals surface area contributed by atoms with E-state index in [9.17, 15) is 34.1 Å². The number of non-ortho nitro benzene ring substituents is 1. The van der Waals surface area contributed by atoms with Crippen molar-refractivity contribution in [1.29, 1.82) is 0 Å². The maximum Gasteiger partial charge on any atom is 0.343 e. The smallest absolute Gasteiger partial charge is 0.343 e. The summed E-state index contributed by atoms with van der Waals surface area (Å²) in [5.74, 6) is -7.73. The summed E-state index contributed by atoms with van der Waals surface area (Å²) in [7, 11) is 0. The van der Waals surface area contributed by atoms with Crippen LogP contribution in [0.15, 0.2) is 88.9 Å². The number of fused-ring (bicyclic) bond motifs is 5. The van der Waals surface area contributed by atoms with Crippen LogP contribution in [0.4, 0.5) is 5.69 Å². The third-order valence-electron chi connectivity index (χ3n) is 8.38. The van der Waals surface area contributed by atoms with E-state index >= 15 is 0 Å². The summed E-state index contributed by atoms with van der Waals surface area (Å²) in [6, 6.07) is 17.7. The van der Waals surface area contributed by atoms with Crippen molar-refractivity contribution >= 4 is 105 Å². The van der Waals surface area contributed by atoms with E-state index in [0.717, 1.165) is 24.3 Å². The van der Waals surface area contributed by atoms with E-state index in [2.05, 4.69) is 0 Å². The average Bonchev–Trinajstić information content (AvgIpc) is 3.46. The lowest BCUT2D eigenvalue weighted by atomic mass is 9.84. The molecule has 3 amide bonds. The number of nitro benzene ring substituents is 1. The summed E-state index contributed by atoms with van der Waals surface area (Å²) in [6.45, 7) is -0.887. The van der Waals surface area contributed by atoms with Crippen molar-refractivity contribution in [2.24, 2.45) is 11.8 Å². The van der Waals surface area contributed by atoms with Crippen molar-refractivity contribution in [3.8, 4) is 5.75 Å². The third kappa shape index (κ3) is 4.82. The van der Waals surface area contributed by atoms with Gasteiger partial charge in [-0.25, -0.2) is 9.80 Å². The molecule has 2 bridgehead atoms. The number of esters is 1. The molecule has 0 N–H and O–H groups in total. The van der Waals surface area contributed by atoms with Gasteiger partial charge in [-0.2, -0.15) is 5.01 Å². The molecule has 0 radical (unpaired) electrons. The van der Waals surface area contributed by atoms with Gasteiger partial charge in [-0.15, -0.1) is 23.2 Å². The number of ketones is 1. The number of imide groups is 1. The van der Waals surface area contributed by atoms with E-state index in [4.69, 9.17) is 74.3 Å².